The van der Waals surface area contributed by atoms with E-state index >= 15 is 0 Å². The quantitative estimate of drug-likeness (QED) is 0.649. The molecule has 1 rings (SSSR count). The summed E-state index contributed by atoms with van der Waals surface area (Å²) in [6.07, 6.45) is 4.92. The van der Waals surface area contributed by atoms with Crippen molar-refractivity contribution in [2.75, 3.05) is 13.1 Å². The molecule has 0 aliphatic carbocycles. The van der Waals surface area contributed by atoms with Crippen LogP contribution in [0.2, 0.25) is 0 Å². The number of rotatable bonds is 1. The third-order valence-corrected chi connectivity index (χ3v) is 2.74. The van der Waals surface area contributed by atoms with Crippen LogP contribution in [0.5, 0.6) is 0 Å². The van der Waals surface area contributed by atoms with Crippen LogP contribution in [0.25, 0.3) is 0 Å². The van der Waals surface area contributed by atoms with E-state index in [9.17, 15) is 4.79 Å². The lowest BCUT2D eigenvalue weighted by atomic mass is 10.2. The zero-order chi connectivity index (χ0) is 9.84. The Morgan fingerprint density at radius 2 is 2.38 bits per heavy atom. The summed E-state index contributed by atoms with van der Waals surface area (Å²) in [5.41, 5.74) is 0.821. The third kappa shape index (κ3) is 2.69. The first-order valence-corrected chi connectivity index (χ1v) is 5.21. The Morgan fingerprint density at radius 3 is 2.92 bits per heavy atom. The van der Waals surface area contributed by atoms with Gasteiger partial charge in [-0.25, -0.2) is 0 Å². The van der Waals surface area contributed by atoms with E-state index in [1.54, 1.807) is 0 Å². The molecule has 0 radical (unpaired) electrons. The van der Waals surface area contributed by atoms with Crippen molar-refractivity contribution in [1.82, 2.24) is 4.90 Å². The predicted octanol–water partition coefficient (Wildman–Crippen LogP) is 2.46. The van der Waals surface area contributed by atoms with E-state index in [0.717, 1.165) is 23.0 Å². The summed E-state index contributed by atoms with van der Waals surface area (Å²) >= 11 is 3.42. The molecule has 0 atom stereocenters. The van der Waals surface area contributed by atoms with Crippen molar-refractivity contribution in [3.8, 4) is 0 Å². The molecule has 0 saturated carbocycles. The minimum Gasteiger partial charge on any atom is -0.334 e. The Balaban J connectivity index is 2.64. The lowest BCUT2D eigenvalue weighted by molar-refractivity contribution is -0.126. The van der Waals surface area contributed by atoms with Gasteiger partial charge in [0, 0.05) is 16.6 Å². The number of allylic oxidation sites excluding steroid dienone is 1. The van der Waals surface area contributed by atoms with Crippen LogP contribution in [0, 0.1) is 0 Å². The number of carbonyl (C=O) groups excluding carboxylic acids is 1. The Labute approximate surface area is 87.4 Å². The van der Waals surface area contributed by atoms with Gasteiger partial charge in [0.15, 0.2) is 0 Å². The zero-order valence-electron chi connectivity index (χ0n) is 8.01. The van der Waals surface area contributed by atoms with Gasteiger partial charge in [-0.15, -0.1) is 0 Å². The number of halogens is 1. The van der Waals surface area contributed by atoms with Gasteiger partial charge in [0.1, 0.15) is 0 Å². The highest BCUT2D eigenvalue weighted by Crippen LogP contribution is 2.16. The van der Waals surface area contributed by atoms with Crippen molar-refractivity contribution in [3.63, 3.8) is 0 Å². The summed E-state index contributed by atoms with van der Waals surface area (Å²) in [4.78, 5) is 13.5. The highest BCUT2D eigenvalue weighted by atomic mass is 79.9. The van der Waals surface area contributed by atoms with Crippen molar-refractivity contribution < 1.29 is 4.79 Å². The molecule has 3 heteroatoms. The van der Waals surface area contributed by atoms with E-state index in [1.165, 1.54) is 0 Å². The molecule has 1 aliphatic rings. The Morgan fingerprint density at radius 1 is 1.69 bits per heavy atom. The molecular formula is C10H14BrNO. The zero-order valence-corrected chi connectivity index (χ0v) is 9.60. The topological polar surface area (TPSA) is 20.3 Å². The van der Waals surface area contributed by atoms with E-state index in [4.69, 9.17) is 0 Å². The lowest BCUT2D eigenvalue weighted by Crippen LogP contribution is -2.35. The number of carbonyl (C=O) groups is 1. The second-order valence-electron chi connectivity index (χ2n) is 3.14. The second kappa shape index (κ2) is 4.61. The fourth-order valence-corrected chi connectivity index (χ4v) is 1.78. The van der Waals surface area contributed by atoms with Crippen LogP contribution < -0.4 is 0 Å². The smallest absolute Gasteiger partial charge is 0.249 e. The first-order chi connectivity index (χ1) is 6.15. The molecule has 2 nitrogen and oxygen atoms in total. The second-order valence-corrected chi connectivity index (χ2v) is 4.16. The molecule has 0 aromatic carbocycles. The summed E-state index contributed by atoms with van der Waals surface area (Å²) in [5.74, 6) is 0.146. The summed E-state index contributed by atoms with van der Waals surface area (Å²) in [5, 5.41) is 0. The van der Waals surface area contributed by atoms with Crippen LogP contribution in [0.15, 0.2) is 22.2 Å². The highest BCUT2D eigenvalue weighted by Gasteiger charge is 2.17. The molecule has 13 heavy (non-hydrogen) atoms. The standard InChI is InChI=1S/C10H14BrNO/c1-3-8(2)10(13)12-6-4-5-9(11)7-12/h3,5H,4,6-7H2,1-2H3/b8-3-. The van der Waals surface area contributed by atoms with Gasteiger partial charge in [0.2, 0.25) is 5.91 Å². The van der Waals surface area contributed by atoms with Crippen molar-refractivity contribution in [1.29, 1.82) is 0 Å². The van der Waals surface area contributed by atoms with Crippen LogP contribution in [0.4, 0.5) is 0 Å². The number of hydrogen-bond acceptors (Lipinski definition) is 1. The van der Waals surface area contributed by atoms with Crippen molar-refractivity contribution in [2.24, 2.45) is 0 Å². The van der Waals surface area contributed by atoms with Crippen LogP contribution in [-0.2, 0) is 4.79 Å². The maximum absolute atomic E-state index is 11.7. The molecule has 1 amide bonds. The van der Waals surface area contributed by atoms with Crippen molar-refractivity contribution in [3.05, 3.63) is 22.2 Å². The fourth-order valence-electron chi connectivity index (χ4n) is 1.25. The first kappa shape index (κ1) is 10.5. The average Bonchev–Trinajstić information content (AvgIpc) is 2.15. The molecule has 0 unspecified atom stereocenters. The molecule has 72 valence electrons. The minimum atomic E-state index is 0.146. The fraction of sp³-hybridized carbons (Fsp3) is 0.500. The summed E-state index contributed by atoms with van der Waals surface area (Å²) < 4.78 is 1.11. The maximum atomic E-state index is 11.7. The van der Waals surface area contributed by atoms with Gasteiger partial charge in [-0.1, -0.05) is 28.1 Å². The SMILES string of the molecule is C/C=C(/C)C(=O)N1CCC=C(Br)C1. The largest absolute Gasteiger partial charge is 0.334 e. The summed E-state index contributed by atoms with van der Waals surface area (Å²) in [7, 11) is 0. The normalized spacial score (nSPS) is 18.5. The molecular weight excluding hydrogens is 230 g/mol. The Kier molecular flexibility index (Phi) is 3.72. The minimum absolute atomic E-state index is 0.146. The van der Waals surface area contributed by atoms with Crippen LogP contribution in [-0.4, -0.2) is 23.9 Å². The molecule has 0 aromatic heterocycles. The lowest BCUT2D eigenvalue weighted by Gasteiger charge is -2.25. The monoisotopic (exact) mass is 243 g/mol. The molecule has 0 saturated heterocycles. The number of nitrogens with zero attached hydrogens (tertiary/aromatic N) is 1. The molecule has 0 N–H and O–H groups in total. The van der Waals surface area contributed by atoms with Crippen molar-refractivity contribution in [2.45, 2.75) is 20.3 Å². The molecule has 0 fully saturated rings. The van der Waals surface area contributed by atoms with E-state index in [0.29, 0.717) is 6.54 Å². The Hall–Kier alpha value is -0.570. The third-order valence-electron chi connectivity index (χ3n) is 2.16. The van der Waals surface area contributed by atoms with Gasteiger partial charge in [0.05, 0.1) is 6.54 Å². The number of hydrogen-bond donors (Lipinski definition) is 0. The first-order valence-electron chi connectivity index (χ1n) is 4.42. The molecule has 0 spiro atoms. The van der Waals surface area contributed by atoms with E-state index in [-0.39, 0.29) is 5.91 Å². The van der Waals surface area contributed by atoms with E-state index < -0.39 is 0 Å². The van der Waals surface area contributed by atoms with Gasteiger partial charge in [-0.3, -0.25) is 4.79 Å². The average molecular weight is 244 g/mol. The van der Waals surface area contributed by atoms with Gasteiger partial charge < -0.3 is 4.90 Å². The van der Waals surface area contributed by atoms with E-state index in [1.807, 2.05) is 24.8 Å². The molecule has 1 aliphatic heterocycles. The highest BCUT2D eigenvalue weighted by molar-refractivity contribution is 9.11. The predicted molar refractivity (Wildman–Crippen MR) is 57.6 cm³/mol. The van der Waals surface area contributed by atoms with Crippen LogP contribution in [0.3, 0.4) is 0 Å². The van der Waals surface area contributed by atoms with Gasteiger partial charge in [0.25, 0.3) is 0 Å². The molecule has 0 bridgehead atoms. The molecule has 1 heterocycles. The summed E-state index contributed by atoms with van der Waals surface area (Å²) in [6, 6.07) is 0. The Bertz CT molecular complexity index is 268. The van der Waals surface area contributed by atoms with Gasteiger partial charge in [-0.05, 0) is 20.3 Å². The van der Waals surface area contributed by atoms with Gasteiger partial charge >= 0.3 is 0 Å². The number of amides is 1. The van der Waals surface area contributed by atoms with Gasteiger partial charge in [-0.2, -0.15) is 0 Å². The summed E-state index contributed by atoms with van der Waals surface area (Å²) in [6.45, 7) is 5.29. The van der Waals surface area contributed by atoms with E-state index in [2.05, 4.69) is 22.0 Å². The van der Waals surface area contributed by atoms with Crippen LogP contribution >= 0.6 is 15.9 Å². The molecule has 0 aromatic rings. The van der Waals surface area contributed by atoms with Crippen molar-refractivity contribution >= 4 is 21.8 Å². The van der Waals surface area contributed by atoms with Crippen LogP contribution in [0.1, 0.15) is 20.3 Å². The maximum Gasteiger partial charge on any atom is 0.249 e.